The molecule has 0 spiro atoms. The number of nitrogens with one attached hydrogen (secondary N) is 2. The van der Waals surface area contributed by atoms with Crippen LogP contribution >= 0.6 is 11.8 Å². The van der Waals surface area contributed by atoms with Gasteiger partial charge < -0.3 is 10.6 Å². The molecule has 0 bridgehead atoms. The van der Waals surface area contributed by atoms with E-state index in [0.717, 1.165) is 18.6 Å². The number of para-hydroxylation sites is 1. The molecule has 0 saturated carbocycles. The maximum atomic E-state index is 13.2. The second-order valence-corrected chi connectivity index (χ2v) is 7.22. The van der Waals surface area contributed by atoms with Crippen LogP contribution in [0, 0.1) is 11.6 Å². The van der Waals surface area contributed by atoms with Crippen LogP contribution in [0.4, 0.5) is 14.5 Å². The molecule has 2 amide bonds. The molecule has 0 fully saturated rings. The Morgan fingerprint density at radius 1 is 1.11 bits per heavy atom. The first-order valence-corrected chi connectivity index (χ1v) is 9.66. The average molecular weight is 392 g/mol. The molecule has 0 heterocycles. The Morgan fingerprint density at radius 2 is 1.85 bits per heavy atom. The van der Waals surface area contributed by atoms with Gasteiger partial charge in [0.1, 0.15) is 0 Å². The third kappa shape index (κ3) is 6.36. The molecule has 1 unspecified atom stereocenters. The molecule has 0 aliphatic heterocycles. The molecule has 0 saturated heterocycles. The van der Waals surface area contributed by atoms with Crippen LogP contribution in [0.25, 0.3) is 0 Å². The predicted octanol–water partition coefficient (Wildman–Crippen LogP) is 4.61. The summed E-state index contributed by atoms with van der Waals surface area (Å²) in [5, 5.41) is 5.62. The first-order chi connectivity index (χ1) is 12.9. The number of hydrogen-bond donors (Lipinski definition) is 2. The van der Waals surface area contributed by atoms with Crippen LogP contribution in [0.15, 0.2) is 47.4 Å². The maximum absolute atomic E-state index is 13.2. The highest BCUT2D eigenvalue weighted by atomic mass is 32.2. The van der Waals surface area contributed by atoms with E-state index in [1.807, 2.05) is 13.8 Å². The van der Waals surface area contributed by atoms with Crippen molar-refractivity contribution in [3.05, 3.63) is 59.7 Å². The summed E-state index contributed by atoms with van der Waals surface area (Å²) in [5.74, 6) is -1.90. The van der Waals surface area contributed by atoms with Gasteiger partial charge in [-0.2, -0.15) is 0 Å². The SMILES string of the molecule is CCC(C)NC(=O)c1ccccc1NC(=O)CCSc1ccc(F)c(F)c1. The summed E-state index contributed by atoms with van der Waals surface area (Å²) in [4.78, 5) is 25.1. The number of amides is 2. The van der Waals surface area contributed by atoms with Gasteiger partial charge in [-0.25, -0.2) is 8.78 Å². The molecule has 0 aliphatic rings. The number of carbonyl (C=O) groups excluding carboxylic acids is 2. The minimum absolute atomic E-state index is 0.0359. The molecule has 2 rings (SSSR count). The number of thioether (sulfide) groups is 1. The van der Waals surface area contributed by atoms with Gasteiger partial charge in [-0.15, -0.1) is 11.8 Å². The molecule has 2 aromatic rings. The average Bonchev–Trinajstić information content (AvgIpc) is 2.64. The minimum atomic E-state index is -0.911. The molecular formula is C20H22F2N2O2S. The second kappa shape index (κ2) is 10.1. The van der Waals surface area contributed by atoms with Gasteiger partial charge in [0.2, 0.25) is 5.91 Å². The fourth-order valence-corrected chi connectivity index (χ4v) is 3.11. The largest absolute Gasteiger partial charge is 0.350 e. The van der Waals surface area contributed by atoms with Gasteiger partial charge >= 0.3 is 0 Å². The van der Waals surface area contributed by atoms with E-state index in [0.29, 0.717) is 21.9 Å². The lowest BCUT2D eigenvalue weighted by molar-refractivity contribution is -0.115. The van der Waals surface area contributed by atoms with Crippen molar-refractivity contribution in [1.29, 1.82) is 0 Å². The summed E-state index contributed by atoms with van der Waals surface area (Å²) in [7, 11) is 0. The summed E-state index contributed by atoms with van der Waals surface area (Å²) in [6.07, 6.45) is 0.979. The Balaban J connectivity index is 1.91. The van der Waals surface area contributed by atoms with Crippen molar-refractivity contribution in [2.24, 2.45) is 0 Å². The van der Waals surface area contributed by atoms with Gasteiger partial charge in [0.05, 0.1) is 11.3 Å². The van der Waals surface area contributed by atoms with Crippen LogP contribution in [0.5, 0.6) is 0 Å². The van der Waals surface area contributed by atoms with E-state index in [2.05, 4.69) is 10.6 Å². The van der Waals surface area contributed by atoms with E-state index in [9.17, 15) is 18.4 Å². The van der Waals surface area contributed by atoms with Crippen molar-refractivity contribution in [3.63, 3.8) is 0 Å². The molecule has 2 N–H and O–H groups in total. The monoisotopic (exact) mass is 392 g/mol. The lowest BCUT2D eigenvalue weighted by Gasteiger charge is -2.14. The van der Waals surface area contributed by atoms with Crippen LogP contribution in [-0.2, 0) is 4.79 Å². The van der Waals surface area contributed by atoms with Gasteiger partial charge in [0.25, 0.3) is 5.91 Å². The van der Waals surface area contributed by atoms with Crippen LogP contribution in [0.1, 0.15) is 37.0 Å². The van der Waals surface area contributed by atoms with Gasteiger partial charge in [0, 0.05) is 23.1 Å². The zero-order valence-corrected chi connectivity index (χ0v) is 16.0. The summed E-state index contributed by atoms with van der Waals surface area (Å²) in [6.45, 7) is 3.89. The van der Waals surface area contributed by atoms with Crippen LogP contribution in [0.3, 0.4) is 0 Å². The maximum Gasteiger partial charge on any atom is 0.253 e. The summed E-state index contributed by atoms with van der Waals surface area (Å²) < 4.78 is 26.1. The summed E-state index contributed by atoms with van der Waals surface area (Å²) in [6, 6.07) is 10.5. The van der Waals surface area contributed by atoms with Crippen LogP contribution < -0.4 is 10.6 Å². The third-order valence-corrected chi connectivity index (χ3v) is 4.92. The van der Waals surface area contributed by atoms with Gasteiger partial charge in [-0.05, 0) is 43.7 Å². The fourth-order valence-electron chi connectivity index (χ4n) is 2.23. The molecule has 4 nitrogen and oxygen atoms in total. The van der Waals surface area contributed by atoms with Crippen molar-refractivity contribution >= 4 is 29.3 Å². The third-order valence-electron chi connectivity index (χ3n) is 3.92. The number of anilines is 1. The second-order valence-electron chi connectivity index (χ2n) is 6.05. The summed E-state index contributed by atoms with van der Waals surface area (Å²) >= 11 is 1.26. The van der Waals surface area contributed by atoms with Crippen molar-refractivity contribution in [3.8, 4) is 0 Å². The fraction of sp³-hybridized carbons (Fsp3) is 0.300. The smallest absolute Gasteiger partial charge is 0.253 e. The van der Waals surface area contributed by atoms with E-state index in [1.54, 1.807) is 24.3 Å². The molecule has 0 radical (unpaired) electrons. The number of hydrogen-bond acceptors (Lipinski definition) is 3. The standard InChI is InChI=1S/C20H22F2N2O2S/c1-3-13(2)23-20(26)15-6-4-5-7-18(15)24-19(25)10-11-27-14-8-9-16(21)17(22)12-14/h4-9,12-13H,3,10-11H2,1-2H3,(H,23,26)(H,24,25). The molecule has 144 valence electrons. The van der Waals surface area contributed by atoms with Crippen molar-refractivity contribution in [1.82, 2.24) is 5.32 Å². The normalized spacial score (nSPS) is 11.7. The Kier molecular flexibility index (Phi) is 7.79. The van der Waals surface area contributed by atoms with E-state index >= 15 is 0 Å². The van der Waals surface area contributed by atoms with Crippen molar-refractivity contribution < 1.29 is 18.4 Å². The zero-order valence-electron chi connectivity index (χ0n) is 15.2. The van der Waals surface area contributed by atoms with Gasteiger partial charge in [-0.3, -0.25) is 9.59 Å². The molecular weight excluding hydrogens is 370 g/mol. The highest BCUT2D eigenvalue weighted by Gasteiger charge is 2.14. The van der Waals surface area contributed by atoms with Crippen molar-refractivity contribution in [2.45, 2.75) is 37.6 Å². The van der Waals surface area contributed by atoms with E-state index < -0.39 is 11.6 Å². The molecule has 0 aliphatic carbocycles. The van der Waals surface area contributed by atoms with E-state index in [4.69, 9.17) is 0 Å². The van der Waals surface area contributed by atoms with Crippen molar-refractivity contribution in [2.75, 3.05) is 11.1 Å². The first kappa shape index (κ1) is 20.9. The Labute approximate surface area is 161 Å². The quantitative estimate of drug-likeness (QED) is 0.645. The molecule has 2 aromatic carbocycles. The molecule has 1 atom stereocenters. The predicted molar refractivity (Wildman–Crippen MR) is 104 cm³/mol. The summed E-state index contributed by atoms with van der Waals surface area (Å²) in [5.41, 5.74) is 0.848. The Bertz CT molecular complexity index is 814. The number of halogens is 2. The number of rotatable bonds is 8. The first-order valence-electron chi connectivity index (χ1n) is 8.68. The van der Waals surface area contributed by atoms with Crippen LogP contribution in [-0.4, -0.2) is 23.6 Å². The van der Waals surface area contributed by atoms with Gasteiger partial charge in [-0.1, -0.05) is 19.1 Å². The van der Waals surface area contributed by atoms with Crippen LogP contribution in [0.2, 0.25) is 0 Å². The highest BCUT2D eigenvalue weighted by Crippen LogP contribution is 2.22. The zero-order chi connectivity index (χ0) is 19.8. The number of carbonyl (C=O) groups is 2. The molecule has 7 heteroatoms. The van der Waals surface area contributed by atoms with E-state index in [1.165, 1.54) is 17.8 Å². The van der Waals surface area contributed by atoms with Gasteiger partial charge in [0.15, 0.2) is 11.6 Å². The minimum Gasteiger partial charge on any atom is -0.350 e. The topological polar surface area (TPSA) is 58.2 Å². The Morgan fingerprint density at radius 3 is 2.56 bits per heavy atom. The molecule has 27 heavy (non-hydrogen) atoms. The Hall–Kier alpha value is -2.41. The highest BCUT2D eigenvalue weighted by molar-refractivity contribution is 7.99. The molecule has 0 aromatic heterocycles. The lowest BCUT2D eigenvalue weighted by atomic mass is 10.1. The lowest BCUT2D eigenvalue weighted by Crippen LogP contribution is -2.32. The van der Waals surface area contributed by atoms with E-state index in [-0.39, 0.29) is 24.3 Å². The number of benzene rings is 2.